The van der Waals surface area contributed by atoms with Gasteiger partial charge < -0.3 is 20.1 Å². The average molecular weight is 523 g/mol. The van der Waals surface area contributed by atoms with Crippen LogP contribution in [0.25, 0.3) is 16.9 Å². The number of alkyl halides is 2. The first kappa shape index (κ1) is 20.0. The molecule has 3 aromatic heterocycles. The second kappa shape index (κ2) is 8.23. The minimum absolute atomic E-state index is 0.0106. The molecular weight excluding hydrogens is 496 g/mol. The van der Waals surface area contributed by atoms with Crippen molar-refractivity contribution in [1.29, 1.82) is 0 Å². The monoisotopic (exact) mass is 522 g/mol. The predicted octanol–water partition coefficient (Wildman–Crippen LogP) is 3.02. The van der Waals surface area contributed by atoms with E-state index in [1.165, 1.54) is 22.7 Å². The Kier molecular flexibility index (Phi) is 4.33. The molecule has 0 unspecified atom stereocenters. The lowest BCUT2D eigenvalue weighted by molar-refractivity contribution is -0.0505. The maximum absolute atomic E-state index is 13.6. The highest BCUT2D eigenvalue weighted by Gasteiger charge is 2.46. The minimum Gasteiger partial charge on any atom is -0.434 e. The van der Waals surface area contributed by atoms with E-state index in [0.717, 1.165) is 4.90 Å². The Bertz CT molecular complexity index is 1690. The highest BCUT2D eigenvalue weighted by Crippen LogP contribution is 2.53. The van der Waals surface area contributed by atoms with Gasteiger partial charge in [0.25, 0.3) is 5.91 Å². The lowest BCUT2D eigenvalue weighted by Crippen LogP contribution is -2.38. The Morgan fingerprint density at radius 3 is 2.84 bits per heavy atom. The standard InChI is InChI=1S/C26H23F2N7O3/c1-34-17-9-15(19-14(23(34)36)3-2-4-18(19)38-25(27)28)20-21(17)33-35-7-5-16(32-22(20)35)13-10-30-24(31-11-13)26(29)6-8-37-12-26/h2-5,7,10-11,15,17,25H,6,8-9,12,29H2,1H3/t15-,17-,26-/m1/s1/i1D3. The van der Waals surface area contributed by atoms with Crippen molar-refractivity contribution >= 4 is 11.6 Å². The lowest BCUT2D eigenvalue weighted by Gasteiger charge is -2.23. The van der Waals surface area contributed by atoms with Gasteiger partial charge in [-0.25, -0.2) is 19.5 Å². The van der Waals surface area contributed by atoms with Crippen LogP contribution in [0.1, 0.15) is 61.9 Å². The van der Waals surface area contributed by atoms with Gasteiger partial charge >= 0.3 is 6.61 Å². The van der Waals surface area contributed by atoms with Crippen LogP contribution >= 0.6 is 0 Å². The quantitative estimate of drug-likeness (QED) is 0.434. The maximum Gasteiger partial charge on any atom is 0.387 e. The molecule has 2 bridgehead atoms. The summed E-state index contributed by atoms with van der Waals surface area (Å²) in [6.07, 6.45) is 5.63. The van der Waals surface area contributed by atoms with E-state index in [1.807, 2.05) is 0 Å². The molecule has 1 aliphatic carbocycles. The summed E-state index contributed by atoms with van der Waals surface area (Å²) in [4.78, 5) is 28.1. The van der Waals surface area contributed by atoms with Gasteiger partial charge in [0.15, 0.2) is 5.65 Å². The van der Waals surface area contributed by atoms with Crippen molar-refractivity contribution in [1.82, 2.24) is 29.5 Å². The van der Waals surface area contributed by atoms with Crippen molar-refractivity contribution in [2.75, 3.05) is 20.2 Å². The van der Waals surface area contributed by atoms with Crippen LogP contribution in [-0.2, 0) is 10.3 Å². The number of benzene rings is 1. The van der Waals surface area contributed by atoms with Crippen molar-refractivity contribution in [3.8, 4) is 17.0 Å². The van der Waals surface area contributed by atoms with E-state index in [0.29, 0.717) is 53.6 Å². The number of ether oxygens (including phenoxy) is 2. The minimum atomic E-state index is -3.14. The number of nitrogens with two attached hydrogens (primary N) is 1. The molecule has 2 N–H and O–H groups in total. The summed E-state index contributed by atoms with van der Waals surface area (Å²) >= 11 is 0. The largest absolute Gasteiger partial charge is 0.434 e. The molecule has 4 aromatic rings. The molecule has 3 aliphatic rings. The van der Waals surface area contributed by atoms with Crippen molar-refractivity contribution < 1.29 is 27.2 Å². The van der Waals surface area contributed by atoms with Gasteiger partial charge in [-0.2, -0.15) is 13.9 Å². The number of hydrogen-bond donors (Lipinski definition) is 1. The number of aromatic nitrogens is 5. The van der Waals surface area contributed by atoms with E-state index in [2.05, 4.69) is 15.1 Å². The second-order valence-electron chi connectivity index (χ2n) is 9.71. The predicted molar refractivity (Wildman–Crippen MR) is 130 cm³/mol. The fourth-order valence-electron chi connectivity index (χ4n) is 5.68. The van der Waals surface area contributed by atoms with Crippen molar-refractivity contribution in [2.45, 2.75) is 37.0 Å². The topological polar surface area (TPSA) is 121 Å². The smallest absolute Gasteiger partial charge is 0.387 e. The molecule has 5 heterocycles. The molecule has 2 aliphatic heterocycles. The number of amides is 1. The van der Waals surface area contributed by atoms with Crippen LogP contribution in [0.15, 0.2) is 42.9 Å². The normalized spacial score (nSPS) is 25.6. The van der Waals surface area contributed by atoms with Crippen LogP contribution in [0.4, 0.5) is 8.78 Å². The summed E-state index contributed by atoms with van der Waals surface area (Å²) in [5, 5.41) is 4.61. The SMILES string of the molecule is [2H]C([2H])([2H])N1C(=O)c2cccc(OC(F)F)c2[C@H]2C[C@@H]1c1nn3ccc(-c4cnc([C@@]5(N)CCOC5)nc4)nc3c12. The van der Waals surface area contributed by atoms with Gasteiger partial charge in [0.2, 0.25) is 0 Å². The molecule has 7 rings (SSSR count). The van der Waals surface area contributed by atoms with E-state index in [4.69, 9.17) is 24.3 Å². The van der Waals surface area contributed by atoms with Gasteiger partial charge in [-0.15, -0.1) is 0 Å². The highest BCUT2D eigenvalue weighted by atomic mass is 19.3. The number of carbonyl (C=O) groups is 1. The molecule has 1 amide bonds. The van der Waals surface area contributed by atoms with Gasteiger partial charge in [-0.05, 0) is 31.0 Å². The van der Waals surface area contributed by atoms with Gasteiger partial charge in [0.1, 0.15) is 17.1 Å². The van der Waals surface area contributed by atoms with Crippen molar-refractivity contribution in [2.24, 2.45) is 5.73 Å². The van der Waals surface area contributed by atoms with Gasteiger partial charge in [0, 0.05) is 64.5 Å². The number of rotatable bonds is 4. The zero-order valence-corrected chi connectivity index (χ0v) is 19.8. The molecule has 3 atom stereocenters. The van der Waals surface area contributed by atoms with Crippen LogP contribution < -0.4 is 10.5 Å². The third-order valence-corrected chi connectivity index (χ3v) is 7.51. The van der Waals surface area contributed by atoms with E-state index >= 15 is 0 Å². The summed E-state index contributed by atoms with van der Waals surface area (Å²) in [6, 6.07) is 4.95. The van der Waals surface area contributed by atoms with E-state index in [-0.39, 0.29) is 23.3 Å². The molecular formula is C26H23F2N7O3. The van der Waals surface area contributed by atoms with E-state index in [9.17, 15) is 13.6 Å². The zero-order chi connectivity index (χ0) is 28.7. The summed E-state index contributed by atoms with van der Waals surface area (Å²) in [5.74, 6) is -1.20. The molecule has 1 aromatic carbocycles. The van der Waals surface area contributed by atoms with Crippen LogP contribution in [0.2, 0.25) is 0 Å². The number of carbonyl (C=O) groups excluding carboxylic acids is 1. The van der Waals surface area contributed by atoms with E-state index < -0.39 is 37.0 Å². The third kappa shape index (κ3) is 3.33. The molecule has 1 fully saturated rings. The summed E-state index contributed by atoms with van der Waals surface area (Å²) in [6.45, 7) is -5.09. The van der Waals surface area contributed by atoms with Crippen molar-refractivity contribution in [3.63, 3.8) is 0 Å². The Hall–Kier alpha value is -4.03. The first-order valence-electron chi connectivity index (χ1n) is 13.6. The first-order chi connectivity index (χ1) is 19.5. The molecule has 1 saturated heterocycles. The van der Waals surface area contributed by atoms with Crippen molar-refractivity contribution in [3.05, 3.63) is 71.1 Å². The van der Waals surface area contributed by atoms with Gasteiger partial charge in [0.05, 0.1) is 24.0 Å². The van der Waals surface area contributed by atoms with Crippen LogP contribution in [0.3, 0.4) is 0 Å². The number of fused-ring (bicyclic) bond motifs is 9. The van der Waals surface area contributed by atoms with Crippen LogP contribution in [-0.4, -0.2) is 62.2 Å². The molecule has 0 saturated carbocycles. The van der Waals surface area contributed by atoms with E-state index in [1.54, 1.807) is 24.7 Å². The third-order valence-electron chi connectivity index (χ3n) is 7.51. The molecule has 12 heteroatoms. The summed E-state index contributed by atoms with van der Waals surface area (Å²) in [5.41, 5.74) is 8.22. The Balaban J connectivity index is 1.38. The number of halogens is 2. The molecule has 0 radical (unpaired) electrons. The summed E-state index contributed by atoms with van der Waals surface area (Å²) < 4.78 is 63.0. The zero-order valence-electron chi connectivity index (χ0n) is 22.8. The Labute approximate surface area is 219 Å². The van der Waals surface area contributed by atoms with Gasteiger partial charge in [-0.3, -0.25) is 4.79 Å². The lowest BCUT2D eigenvalue weighted by atomic mass is 9.89. The first-order valence-corrected chi connectivity index (χ1v) is 12.1. The fraction of sp³-hybridized carbons (Fsp3) is 0.346. The number of hydrogen-bond acceptors (Lipinski definition) is 8. The van der Waals surface area contributed by atoms with Gasteiger partial charge in [-0.1, -0.05) is 6.07 Å². The fourth-order valence-corrected chi connectivity index (χ4v) is 5.68. The highest BCUT2D eigenvalue weighted by molar-refractivity contribution is 5.98. The Morgan fingerprint density at radius 1 is 1.26 bits per heavy atom. The second-order valence-corrected chi connectivity index (χ2v) is 9.71. The summed E-state index contributed by atoms with van der Waals surface area (Å²) in [7, 11) is 0. The number of nitrogens with zero attached hydrogens (tertiary/aromatic N) is 6. The maximum atomic E-state index is 13.6. The van der Waals surface area contributed by atoms with Crippen LogP contribution in [0, 0.1) is 0 Å². The Morgan fingerprint density at radius 2 is 2.11 bits per heavy atom. The average Bonchev–Trinajstić information content (AvgIpc) is 3.60. The molecule has 10 nitrogen and oxygen atoms in total. The molecule has 194 valence electrons. The molecule has 0 spiro atoms. The van der Waals surface area contributed by atoms with Crippen LogP contribution in [0.5, 0.6) is 5.75 Å². The molecule has 38 heavy (non-hydrogen) atoms.